The Morgan fingerprint density at radius 2 is 2.06 bits per heavy atom. The highest BCUT2D eigenvalue weighted by Crippen LogP contribution is 2.24. The Morgan fingerprint density at radius 1 is 1.27 bits per heavy atom. The molecular weight excluding hydrogens is 443 g/mol. The SMILES string of the molecule is N#Cc1cnc(NCC(F)(F)c2cccc[n+]2[O-])c(=O)n1CC(=O)NCc1ncccc1F. The standard InChI is InChI=1S/C20H16F3N7O3/c21-14-4-3-6-25-15(14)10-26-17(31)11-29-13(8-24)9-27-18(19(29)32)28-12-20(22,23)16-5-1-2-7-30(16)33/h1-7,9H,10-12H2,(H,26,31)(H,27,28). The molecule has 1 amide bonds. The summed E-state index contributed by atoms with van der Waals surface area (Å²) in [4.78, 5) is 32.3. The van der Waals surface area contributed by atoms with E-state index in [2.05, 4.69) is 20.6 Å². The molecule has 0 aliphatic carbocycles. The summed E-state index contributed by atoms with van der Waals surface area (Å²) >= 11 is 0. The maximum atomic E-state index is 14.4. The van der Waals surface area contributed by atoms with Crippen LogP contribution in [0.5, 0.6) is 0 Å². The molecule has 0 unspecified atom stereocenters. The molecule has 3 rings (SSSR count). The second kappa shape index (κ2) is 9.77. The summed E-state index contributed by atoms with van der Waals surface area (Å²) in [5, 5.41) is 25.3. The summed E-state index contributed by atoms with van der Waals surface area (Å²) in [7, 11) is 0. The van der Waals surface area contributed by atoms with Crippen LogP contribution in [0.2, 0.25) is 0 Å². The highest BCUT2D eigenvalue weighted by Gasteiger charge is 2.39. The summed E-state index contributed by atoms with van der Waals surface area (Å²) in [5.74, 6) is -5.59. The lowest BCUT2D eigenvalue weighted by molar-refractivity contribution is -0.624. The highest BCUT2D eigenvalue weighted by atomic mass is 19.3. The molecule has 3 heterocycles. The number of hydrogen-bond donors (Lipinski definition) is 2. The predicted octanol–water partition coefficient (Wildman–Crippen LogP) is 0.803. The van der Waals surface area contributed by atoms with Crippen LogP contribution in [0.15, 0.2) is 53.7 Å². The number of halogens is 3. The molecule has 10 nitrogen and oxygen atoms in total. The van der Waals surface area contributed by atoms with Crippen molar-refractivity contribution in [1.29, 1.82) is 5.26 Å². The summed E-state index contributed by atoms with van der Waals surface area (Å²) in [5.41, 5.74) is -2.17. The van der Waals surface area contributed by atoms with Gasteiger partial charge in [-0.05, 0) is 18.2 Å². The number of anilines is 1. The number of pyridine rings is 2. The van der Waals surface area contributed by atoms with Crippen LogP contribution in [-0.2, 0) is 23.8 Å². The molecule has 13 heteroatoms. The average molecular weight is 459 g/mol. The number of rotatable bonds is 8. The van der Waals surface area contributed by atoms with Crippen molar-refractivity contribution >= 4 is 11.7 Å². The van der Waals surface area contributed by atoms with Gasteiger partial charge in [0, 0.05) is 18.3 Å². The van der Waals surface area contributed by atoms with E-state index in [1.54, 1.807) is 6.07 Å². The number of hydrogen-bond acceptors (Lipinski definition) is 7. The zero-order valence-electron chi connectivity index (χ0n) is 16.8. The van der Waals surface area contributed by atoms with Gasteiger partial charge in [-0.15, -0.1) is 0 Å². The third-order valence-corrected chi connectivity index (χ3v) is 4.44. The third kappa shape index (κ3) is 5.42. The van der Waals surface area contributed by atoms with Crippen molar-refractivity contribution in [3.63, 3.8) is 0 Å². The molecule has 0 fully saturated rings. The van der Waals surface area contributed by atoms with Gasteiger partial charge in [0.2, 0.25) is 5.91 Å². The van der Waals surface area contributed by atoms with Gasteiger partial charge in [0.25, 0.3) is 11.3 Å². The first-order chi connectivity index (χ1) is 15.7. The van der Waals surface area contributed by atoms with Gasteiger partial charge in [-0.25, -0.2) is 9.37 Å². The van der Waals surface area contributed by atoms with E-state index in [1.165, 1.54) is 24.4 Å². The van der Waals surface area contributed by atoms with Crippen LogP contribution >= 0.6 is 0 Å². The molecule has 0 bridgehead atoms. The fraction of sp³-hybridized carbons (Fsp3) is 0.200. The molecule has 0 atom stereocenters. The zero-order valence-corrected chi connectivity index (χ0v) is 16.8. The largest absolute Gasteiger partial charge is 0.618 e. The van der Waals surface area contributed by atoms with E-state index < -0.39 is 47.8 Å². The second-order valence-corrected chi connectivity index (χ2v) is 6.67. The van der Waals surface area contributed by atoms with Crippen LogP contribution < -0.4 is 20.9 Å². The molecule has 0 saturated carbocycles. The summed E-state index contributed by atoms with van der Waals surface area (Å²) in [6, 6.07) is 7.71. The molecule has 0 aromatic carbocycles. The van der Waals surface area contributed by atoms with Crippen LogP contribution in [0.4, 0.5) is 19.0 Å². The lowest BCUT2D eigenvalue weighted by Gasteiger charge is -2.17. The fourth-order valence-electron chi connectivity index (χ4n) is 2.78. The number of aromatic nitrogens is 4. The Morgan fingerprint density at radius 3 is 2.76 bits per heavy atom. The normalized spacial score (nSPS) is 11.0. The first-order valence-electron chi connectivity index (χ1n) is 9.39. The van der Waals surface area contributed by atoms with Crippen molar-refractivity contribution in [1.82, 2.24) is 19.9 Å². The van der Waals surface area contributed by atoms with Gasteiger partial charge in [0.15, 0.2) is 12.0 Å². The molecule has 0 aliphatic heterocycles. The molecule has 0 spiro atoms. The minimum absolute atomic E-state index is 0.000931. The summed E-state index contributed by atoms with van der Waals surface area (Å²) in [6.07, 6.45) is 3.18. The minimum atomic E-state index is -3.65. The zero-order chi connectivity index (χ0) is 24.0. The van der Waals surface area contributed by atoms with Crippen molar-refractivity contribution in [2.24, 2.45) is 0 Å². The van der Waals surface area contributed by atoms with E-state index in [-0.39, 0.29) is 22.7 Å². The number of nitriles is 1. The monoisotopic (exact) mass is 459 g/mol. The molecule has 3 aromatic rings. The van der Waals surface area contributed by atoms with E-state index in [0.29, 0.717) is 0 Å². The van der Waals surface area contributed by atoms with Gasteiger partial charge in [0.1, 0.15) is 24.1 Å². The Hall–Kier alpha value is -4.47. The average Bonchev–Trinajstić information content (AvgIpc) is 2.79. The number of carbonyl (C=O) groups is 1. The molecule has 33 heavy (non-hydrogen) atoms. The Bertz CT molecular complexity index is 1270. The van der Waals surface area contributed by atoms with Crippen LogP contribution in [0.1, 0.15) is 17.1 Å². The highest BCUT2D eigenvalue weighted by molar-refractivity contribution is 5.75. The molecule has 3 aromatic heterocycles. The molecule has 2 N–H and O–H groups in total. The Labute approximate surface area is 184 Å². The van der Waals surface area contributed by atoms with Gasteiger partial charge in [0.05, 0.1) is 25.0 Å². The van der Waals surface area contributed by atoms with Crippen LogP contribution in [0.3, 0.4) is 0 Å². The first kappa shape index (κ1) is 23.2. The Balaban J connectivity index is 1.75. The number of alkyl halides is 2. The van der Waals surface area contributed by atoms with Crippen LogP contribution in [-0.4, -0.2) is 27.0 Å². The number of nitrogens with zero attached hydrogens (tertiary/aromatic N) is 5. The van der Waals surface area contributed by atoms with E-state index >= 15 is 0 Å². The number of nitrogens with one attached hydrogen (secondary N) is 2. The fourth-order valence-corrected chi connectivity index (χ4v) is 2.78. The summed E-state index contributed by atoms with van der Waals surface area (Å²) in [6.45, 7) is -2.06. The second-order valence-electron chi connectivity index (χ2n) is 6.67. The van der Waals surface area contributed by atoms with Gasteiger partial charge in [-0.3, -0.25) is 19.1 Å². The van der Waals surface area contributed by atoms with Crippen LogP contribution in [0.25, 0.3) is 0 Å². The van der Waals surface area contributed by atoms with Crippen molar-refractivity contribution < 1.29 is 22.7 Å². The minimum Gasteiger partial charge on any atom is -0.618 e. The predicted molar refractivity (Wildman–Crippen MR) is 107 cm³/mol. The third-order valence-electron chi connectivity index (χ3n) is 4.44. The Kier molecular flexibility index (Phi) is 6.87. The first-order valence-corrected chi connectivity index (χ1v) is 9.39. The van der Waals surface area contributed by atoms with Crippen molar-refractivity contribution in [3.8, 4) is 6.07 Å². The molecular formula is C20H16F3N7O3. The van der Waals surface area contributed by atoms with E-state index in [4.69, 9.17) is 0 Å². The van der Waals surface area contributed by atoms with Crippen molar-refractivity contribution in [3.05, 3.63) is 87.4 Å². The van der Waals surface area contributed by atoms with Gasteiger partial charge < -0.3 is 15.8 Å². The van der Waals surface area contributed by atoms with E-state index in [1.807, 2.05) is 0 Å². The molecule has 170 valence electrons. The summed E-state index contributed by atoms with van der Waals surface area (Å²) < 4.78 is 43.2. The number of carbonyl (C=O) groups excluding carboxylic acids is 1. The van der Waals surface area contributed by atoms with Gasteiger partial charge >= 0.3 is 5.92 Å². The maximum absolute atomic E-state index is 14.4. The lowest BCUT2D eigenvalue weighted by atomic mass is 10.2. The van der Waals surface area contributed by atoms with E-state index in [9.17, 15) is 33.2 Å². The molecule has 0 aliphatic rings. The quantitative estimate of drug-likeness (QED) is 0.375. The van der Waals surface area contributed by atoms with Crippen molar-refractivity contribution in [2.75, 3.05) is 11.9 Å². The van der Waals surface area contributed by atoms with Gasteiger partial charge in [-0.1, -0.05) is 0 Å². The smallest absolute Gasteiger partial charge is 0.347 e. The number of amides is 1. The topological polar surface area (TPSA) is 140 Å². The molecule has 0 radical (unpaired) electrons. The van der Waals surface area contributed by atoms with E-state index in [0.717, 1.165) is 29.1 Å². The van der Waals surface area contributed by atoms with Gasteiger partial charge in [-0.2, -0.15) is 18.8 Å². The molecule has 0 saturated heterocycles. The lowest BCUT2D eigenvalue weighted by Crippen LogP contribution is -2.41. The van der Waals surface area contributed by atoms with Crippen molar-refractivity contribution in [2.45, 2.75) is 19.0 Å². The van der Waals surface area contributed by atoms with Crippen LogP contribution in [0, 0.1) is 22.4 Å². The maximum Gasteiger partial charge on any atom is 0.347 e.